The predicted octanol–water partition coefficient (Wildman–Crippen LogP) is 2.29. The molecule has 0 amide bonds. The van der Waals surface area contributed by atoms with E-state index in [9.17, 15) is 4.57 Å². The summed E-state index contributed by atoms with van der Waals surface area (Å²) in [5.74, 6) is 0. The normalized spacial score (nSPS) is 11.9. The second-order valence-corrected chi connectivity index (χ2v) is 4.70. The first-order chi connectivity index (χ1) is 6.18. The molecule has 0 aromatic carbocycles. The summed E-state index contributed by atoms with van der Waals surface area (Å²) in [6.07, 6.45) is 1.14. The van der Waals surface area contributed by atoms with Crippen molar-refractivity contribution in [3.8, 4) is 0 Å². The fourth-order valence-corrected chi connectivity index (χ4v) is 2.60. The molecule has 0 rings (SSSR count). The Labute approximate surface area is 80.1 Å². The number of methoxy groups -OCH3 is 1. The molecule has 0 bridgehead atoms. The molecule has 0 atom stereocenters. The van der Waals surface area contributed by atoms with Crippen LogP contribution in [0.15, 0.2) is 0 Å². The zero-order chi connectivity index (χ0) is 10.2. The van der Waals surface area contributed by atoms with E-state index in [1.807, 2.05) is 13.8 Å². The van der Waals surface area contributed by atoms with Crippen molar-refractivity contribution < 1.29 is 18.3 Å². The molecule has 0 aromatic rings. The van der Waals surface area contributed by atoms with Gasteiger partial charge in [-0.1, -0.05) is 0 Å². The van der Waals surface area contributed by atoms with Crippen molar-refractivity contribution in [3.05, 3.63) is 0 Å². The fraction of sp³-hybridized carbons (Fsp3) is 1.00. The van der Waals surface area contributed by atoms with E-state index in [0.717, 1.165) is 0 Å². The van der Waals surface area contributed by atoms with Crippen molar-refractivity contribution in [2.24, 2.45) is 0 Å². The van der Waals surface area contributed by atoms with Crippen LogP contribution in [0, 0.1) is 0 Å². The van der Waals surface area contributed by atoms with Gasteiger partial charge in [0.1, 0.15) is 0 Å². The molecule has 0 radical (unpaired) electrons. The zero-order valence-electron chi connectivity index (χ0n) is 8.62. The van der Waals surface area contributed by atoms with Gasteiger partial charge < -0.3 is 13.8 Å². The first-order valence-corrected chi connectivity index (χ1v) is 6.28. The third kappa shape index (κ3) is 6.22. The standard InChI is InChI=1S/C8H19O4P/c1-4-11-13(9,12-5-2)8-6-7-10-3/h4-8H2,1-3H3. The summed E-state index contributed by atoms with van der Waals surface area (Å²) in [5, 5.41) is 0. The van der Waals surface area contributed by atoms with Gasteiger partial charge in [-0.2, -0.15) is 0 Å². The second-order valence-electron chi connectivity index (χ2n) is 2.52. The van der Waals surface area contributed by atoms with Crippen LogP contribution in [-0.4, -0.2) is 33.1 Å². The Bertz CT molecular complexity index is 150. The van der Waals surface area contributed by atoms with Crippen LogP contribution in [0.5, 0.6) is 0 Å². The van der Waals surface area contributed by atoms with Crippen LogP contribution in [0.2, 0.25) is 0 Å². The molecule has 0 aromatic heterocycles. The van der Waals surface area contributed by atoms with Gasteiger partial charge in [-0.3, -0.25) is 4.57 Å². The topological polar surface area (TPSA) is 44.8 Å². The summed E-state index contributed by atoms with van der Waals surface area (Å²) in [6, 6.07) is 0. The highest BCUT2D eigenvalue weighted by Crippen LogP contribution is 2.48. The summed E-state index contributed by atoms with van der Waals surface area (Å²) in [4.78, 5) is 0. The van der Waals surface area contributed by atoms with Gasteiger partial charge >= 0.3 is 7.60 Å². The first-order valence-electron chi connectivity index (χ1n) is 4.55. The van der Waals surface area contributed by atoms with Crippen LogP contribution < -0.4 is 0 Å². The Hall–Kier alpha value is 0.110. The molecule has 0 spiro atoms. The van der Waals surface area contributed by atoms with Gasteiger partial charge in [0.15, 0.2) is 0 Å². The number of ether oxygens (including phenoxy) is 1. The van der Waals surface area contributed by atoms with E-state index < -0.39 is 7.60 Å². The van der Waals surface area contributed by atoms with Crippen molar-refractivity contribution in [3.63, 3.8) is 0 Å². The number of hydrogen-bond acceptors (Lipinski definition) is 4. The molecule has 4 nitrogen and oxygen atoms in total. The average molecular weight is 210 g/mol. The Morgan fingerprint density at radius 3 is 2.08 bits per heavy atom. The Balaban J connectivity index is 3.85. The minimum atomic E-state index is -2.83. The smallest absolute Gasteiger partial charge is 0.330 e. The Morgan fingerprint density at radius 2 is 1.69 bits per heavy atom. The molecule has 0 unspecified atom stereocenters. The van der Waals surface area contributed by atoms with E-state index in [-0.39, 0.29) is 0 Å². The first kappa shape index (κ1) is 13.1. The summed E-state index contributed by atoms with van der Waals surface area (Å²) in [6.45, 7) is 5.04. The molecular formula is C8H19O4P. The molecular weight excluding hydrogens is 191 g/mol. The summed E-state index contributed by atoms with van der Waals surface area (Å²) in [7, 11) is -1.21. The highest BCUT2D eigenvalue weighted by Gasteiger charge is 2.22. The molecule has 13 heavy (non-hydrogen) atoms. The van der Waals surface area contributed by atoms with E-state index in [1.165, 1.54) is 0 Å². The van der Waals surface area contributed by atoms with Crippen molar-refractivity contribution in [2.75, 3.05) is 33.1 Å². The third-order valence-electron chi connectivity index (χ3n) is 1.43. The summed E-state index contributed by atoms with van der Waals surface area (Å²) in [5.41, 5.74) is 0. The predicted molar refractivity (Wildman–Crippen MR) is 52.2 cm³/mol. The quantitative estimate of drug-likeness (QED) is 0.455. The lowest BCUT2D eigenvalue weighted by molar-refractivity contribution is 0.189. The van der Waals surface area contributed by atoms with E-state index in [2.05, 4.69) is 0 Å². The molecule has 0 N–H and O–H groups in total. The highest BCUT2D eigenvalue weighted by atomic mass is 31.2. The monoisotopic (exact) mass is 210 g/mol. The van der Waals surface area contributed by atoms with Gasteiger partial charge in [-0.15, -0.1) is 0 Å². The van der Waals surface area contributed by atoms with Gasteiger partial charge in [-0.25, -0.2) is 0 Å². The molecule has 0 fully saturated rings. The second kappa shape index (κ2) is 7.51. The Morgan fingerprint density at radius 1 is 1.15 bits per heavy atom. The van der Waals surface area contributed by atoms with Gasteiger partial charge in [0.25, 0.3) is 0 Å². The molecule has 0 aliphatic carbocycles. The molecule has 0 aliphatic heterocycles. The van der Waals surface area contributed by atoms with Gasteiger partial charge in [0, 0.05) is 13.7 Å². The van der Waals surface area contributed by atoms with Gasteiger partial charge in [0.05, 0.1) is 19.4 Å². The number of rotatable bonds is 8. The lowest BCUT2D eigenvalue weighted by Gasteiger charge is -2.16. The number of hydrogen-bond donors (Lipinski definition) is 0. The molecule has 0 saturated heterocycles. The molecule has 80 valence electrons. The minimum absolute atomic E-state index is 0.421. The molecule has 0 saturated carbocycles. The van der Waals surface area contributed by atoms with Crippen molar-refractivity contribution >= 4 is 7.60 Å². The maximum atomic E-state index is 11.8. The van der Waals surface area contributed by atoms with Crippen LogP contribution >= 0.6 is 7.60 Å². The van der Waals surface area contributed by atoms with Crippen LogP contribution in [0.4, 0.5) is 0 Å². The maximum absolute atomic E-state index is 11.8. The van der Waals surface area contributed by atoms with Crippen LogP contribution in [0.25, 0.3) is 0 Å². The SMILES string of the molecule is CCOP(=O)(CCCOC)OCC. The van der Waals surface area contributed by atoms with Gasteiger partial charge in [0.2, 0.25) is 0 Å². The lowest BCUT2D eigenvalue weighted by atomic mass is 10.5. The molecule has 5 heteroatoms. The van der Waals surface area contributed by atoms with Crippen LogP contribution in [0.3, 0.4) is 0 Å². The van der Waals surface area contributed by atoms with E-state index in [1.54, 1.807) is 7.11 Å². The highest BCUT2D eigenvalue weighted by molar-refractivity contribution is 7.53. The van der Waals surface area contributed by atoms with E-state index in [4.69, 9.17) is 13.8 Å². The maximum Gasteiger partial charge on any atom is 0.330 e. The van der Waals surface area contributed by atoms with Crippen molar-refractivity contribution in [2.45, 2.75) is 20.3 Å². The largest absolute Gasteiger partial charge is 0.385 e. The molecule has 0 aliphatic rings. The average Bonchev–Trinajstić information content (AvgIpc) is 2.05. The van der Waals surface area contributed by atoms with Gasteiger partial charge in [-0.05, 0) is 20.3 Å². The van der Waals surface area contributed by atoms with Crippen LogP contribution in [-0.2, 0) is 18.3 Å². The van der Waals surface area contributed by atoms with E-state index in [0.29, 0.717) is 32.4 Å². The fourth-order valence-electron chi connectivity index (χ4n) is 0.962. The third-order valence-corrected chi connectivity index (χ3v) is 3.60. The van der Waals surface area contributed by atoms with Crippen LogP contribution in [0.1, 0.15) is 20.3 Å². The molecule has 0 heterocycles. The minimum Gasteiger partial charge on any atom is -0.385 e. The summed E-state index contributed by atoms with van der Waals surface area (Å²) >= 11 is 0. The lowest BCUT2D eigenvalue weighted by Crippen LogP contribution is -2.02. The van der Waals surface area contributed by atoms with Crippen molar-refractivity contribution in [1.29, 1.82) is 0 Å². The Kier molecular flexibility index (Phi) is 7.57. The zero-order valence-corrected chi connectivity index (χ0v) is 9.51. The summed E-state index contributed by atoms with van der Waals surface area (Å²) < 4.78 is 26.8. The van der Waals surface area contributed by atoms with Crippen molar-refractivity contribution in [1.82, 2.24) is 0 Å². The van der Waals surface area contributed by atoms with E-state index >= 15 is 0 Å².